The van der Waals surface area contributed by atoms with Gasteiger partial charge in [0.15, 0.2) is 0 Å². The number of rotatable bonds is 5. The number of anilines is 1. The lowest BCUT2D eigenvalue weighted by atomic mass is 10.2. The molecule has 0 amide bonds. The minimum Gasteiger partial charge on any atom is -0.506 e. The van der Waals surface area contributed by atoms with Crippen LogP contribution in [-0.4, -0.2) is 19.3 Å². The number of benzene rings is 2. The molecule has 4 nitrogen and oxygen atoms in total. The van der Waals surface area contributed by atoms with Crippen molar-refractivity contribution in [2.45, 2.75) is 6.42 Å². The normalized spacial score (nSPS) is 11.2. The van der Waals surface area contributed by atoms with Crippen molar-refractivity contribution >= 4 is 27.3 Å². The van der Waals surface area contributed by atoms with Gasteiger partial charge in [-0.3, -0.25) is 4.72 Å². The summed E-state index contributed by atoms with van der Waals surface area (Å²) in [5, 5.41) is 9.97. The zero-order valence-corrected chi connectivity index (χ0v) is 12.2. The van der Waals surface area contributed by atoms with Gasteiger partial charge in [-0.1, -0.05) is 41.9 Å². The molecule has 2 aromatic carbocycles. The Balaban J connectivity index is 2.04. The average molecular weight is 312 g/mol. The lowest BCUT2D eigenvalue weighted by Gasteiger charge is -2.09. The van der Waals surface area contributed by atoms with Crippen LogP contribution in [0.3, 0.4) is 0 Å². The summed E-state index contributed by atoms with van der Waals surface area (Å²) >= 11 is 5.69. The van der Waals surface area contributed by atoms with Gasteiger partial charge in [0.05, 0.1) is 11.4 Å². The van der Waals surface area contributed by atoms with Crippen molar-refractivity contribution in [3.8, 4) is 5.75 Å². The molecule has 2 N–H and O–H groups in total. The van der Waals surface area contributed by atoms with Gasteiger partial charge in [0, 0.05) is 11.1 Å². The second-order valence-corrected chi connectivity index (χ2v) is 6.60. The quantitative estimate of drug-likeness (QED) is 0.834. The summed E-state index contributed by atoms with van der Waals surface area (Å²) in [5.41, 5.74) is 1.07. The third kappa shape index (κ3) is 4.15. The molecule has 0 saturated heterocycles. The van der Waals surface area contributed by atoms with E-state index in [1.807, 2.05) is 30.3 Å². The fraction of sp³-hybridized carbons (Fsp3) is 0.143. The molecule has 20 heavy (non-hydrogen) atoms. The Morgan fingerprint density at radius 1 is 1.10 bits per heavy atom. The highest BCUT2D eigenvalue weighted by atomic mass is 35.5. The van der Waals surface area contributed by atoms with E-state index in [-0.39, 0.29) is 17.2 Å². The van der Waals surface area contributed by atoms with E-state index in [1.54, 1.807) is 0 Å². The van der Waals surface area contributed by atoms with Gasteiger partial charge in [-0.05, 0) is 24.1 Å². The van der Waals surface area contributed by atoms with E-state index in [0.29, 0.717) is 11.4 Å². The number of sulfonamides is 1. The van der Waals surface area contributed by atoms with Crippen LogP contribution in [0.15, 0.2) is 48.5 Å². The Morgan fingerprint density at radius 2 is 1.80 bits per heavy atom. The summed E-state index contributed by atoms with van der Waals surface area (Å²) in [6.45, 7) is 0. The van der Waals surface area contributed by atoms with E-state index in [1.165, 1.54) is 18.2 Å². The molecule has 2 rings (SSSR count). The van der Waals surface area contributed by atoms with Gasteiger partial charge in [-0.15, -0.1) is 0 Å². The Labute approximate surface area is 123 Å². The highest BCUT2D eigenvalue weighted by Crippen LogP contribution is 2.27. The second kappa shape index (κ2) is 6.15. The number of aromatic hydroxyl groups is 1. The number of aryl methyl sites for hydroxylation is 1. The summed E-state index contributed by atoms with van der Waals surface area (Å²) in [6.07, 6.45) is 0.407. The number of phenols is 1. The molecule has 0 bridgehead atoms. The van der Waals surface area contributed by atoms with Gasteiger partial charge >= 0.3 is 0 Å². The standard InChI is InChI=1S/C14H14ClNO3S/c15-12-6-7-13(14(17)10-12)16-20(18,19)9-8-11-4-2-1-3-5-11/h1-7,10,16-17H,8-9H2. The molecule has 0 spiro atoms. The van der Waals surface area contributed by atoms with Crippen LogP contribution in [0.25, 0.3) is 0 Å². The van der Waals surface area contributed by atoms with Crippen molar-refractivity contribution in [3.05, 3.63) is 59.1 Å². The molecule has 0 fully saturated rings. The van der Waals surface area contributed by atoms with Gasteiger partial charge in [0.2, 0.25) is 10.0 Å². The Kier molecular flexibility index (Phi) is 4.52. The number of nitrogens with one attached hydrogen (secondary N) is 1. The molecule has 0 saturated carbocycles. The van der Waals surface area contributed by atoms with Crippen molar-refractivity contribution in [1.29, 1.82) is 0 Å². The minimum absolute atomic E-state index is 0.0565. The SMILES string of the molecule is O=S(=O)(CCc1ccccc1)Nc1ccc(Cl)cc1O. The van der Waals surface area contributed by atoms with E-state index < -0.39 is 10.0 Å². The number of hydrogen-bond acceptors (Lipinski definition) is 3. The Morgan fingerprint density at radius 3 is 2.45 bits per heavy atom. The van der Waals surface area contributed by atoms with Crippen LogP contribution in [0.1, 0.15) is 5.56 Å². The summed E-state index contributed by atoms with van der Waals surface area (Å²) in [6, 6.07) is 13.6. The first kappa shape index (κ1) is 14.7. The molecule has 0 aliphatic carbocycles. The van der Waals surface area contributed by atoms with Gasteiger partial charge in [0.1, 0.15) is 5.75 Å². The van der Waals surface area contributed by atoms with Crippen molar-refractivity contribution in [2.24, 2.45) is 0 Å². The molecular formula is C14H14ClNO3S. The third-order valence-corrected chi connectivity index (χ3v) is 4.24. The molecule has 0 aliphatic heterocycles. The van der Waals surface area contributed by atoms with Crippen LogP contribution < -0.4 is 4.72 Å². The average Bonchev–Trinajstić information content (AvgIpc) is 2.41. The van der Waals surface area contributed by atoms with Gasteiger partial charge in [-0.2, -0.15) is 0 Å². The summed E-state index contributed by atoms with van der Waals surface area (Å²) in [4.78, 5) is 0. The van der Waals surface area contributed by atoms with Crippen molar-refractivity contribution in [2.75, 3.05) is 10.5 Å². The van der Waals surface area contributed by atoms with Gasteiger partial charge in [-0.25, -0.2) is 8.42 Å². The first-order valence-corrected chi connectivity index (χ1v) is 8.02. The van der Waals surface area contributed by atoms with Crippen LogP contribution in [-0.2, 0) is 16.4 Å². The van der Waals surface area contributed by atoms with E-state index in [2.05, 4.69) is 4.72 Å². The number of halogens is 1. The molecule has 0 aromatic heterocycles. The van der Waals surface area contributed by atoms with E-state index in [9.17, 15) is 13.5 Å². The topological polar surface area (TPSA) is 66.4 Å². The molecule has 0 atom stereocenters. The van der Waals surface area contributed by atoms with E-state index >= 15 is 0 Å². The predicted octanol–water partition coefficient (Wildman–Crippen LogP) is 3.03. The predicted molar refractivity (Wildman–Crippen MR) is 80.7 cm³/mol. The maximum Gasteiger partial charge on any atom is 0.233 e. The monoisotopic (exact) mass is 311 g/mol. The Bertz CT molecular complexity index is 687. The molecule has 0 unspecified atom stereocenters. The summed E-state index contributed by atoms with van der Waals surface area (Å²) in [5.74, 6) is -0.250. The van der Waals surface area contributed by atoms with Crippen LogP contribution in [0.5, 0.6) is 5.75 Å². The first-order valence-electron chi connectivity index (χ1n) is 5.99. The van der Waals surface area contributed by atoms with Crippen molar-refractivity contribution < 1.29 is 13.5 Å². The van der Waals surface area contributed by atoms with Crippen LogP contribution in [0, 0.1) is 0 Å². The fourth-order valence-electron chi connectivity index (χ4n) is 1.71. The Hall–Kier alpha value is -1.72. The largest absolute Gasteiger partial charge is 0.506 e. The summed E-state index contributed by atoms with van der Waals surface area (Å²) < 4.78 is 26.3. The molecule has 0 heterocycles. The second-order valence-electron chi connectivity index (χ2n) is 4.32. The zero-order chi connectivity index (χ0) is 14.6. The minimum atomic E-state index is -3.52. The van der Waals surface area contributed by atoms with Crippen molar-refractivity contribution in [3.63, 3.8) is 0 Å². The lowest BCUT2D eigenvalue weighted by Crippen LogP contribution is -2.18. The lowest BCUT2D eigenvalue weighted by molar-refractivity contribution is 0.477. The van der Waals surface area contributed by atoms with Crippen LogP contribution >= 0.6 is 11.6 Å². The fourth-order valence-corrected chi connectivity index (χ4v) is 2.99. The van der Waals surface area contributed by atoms with Gasteiger partial charge < -0.3 is 5.11 Å². The van der Waals surface area contributed by atoms with E-state index in [4.69, 9.17) is 11.6 Å². The van der Waals surface area contributed by atoms with Crippen LogP contribution in [0.4, 0.5) is 5.69 Å². The van der Waals surface area contributed by atoms with Crippen LogP contribution in [0.2, 0.25) is 5.02 Å². The zero-order valence-electron chi connectivity index (χ0n) is 10.6. The smallest absolute Gasteiger partial charge is 0.233 e. The molecule has 6 heteroatoms. The molecule has 2 aromatic rings. The maximum absolute atomic E-state index is 12.0. The molecule has 0 radical (unpaired) electrons. The van der Waals surface area contributed by atoms with Crippen molar-refractivity contribution in [1.82, 2.24) is 0 Å². The highest BCUT2D eigenvalue weighted by molar-refractivity contribution is 7.92. The summed E-state index contributed by atoms with van der Waals surface area (Å²) in [7, 11) is -3.52. The number of phenolic OH excluding ortho intramolecular Hbond substituents is 1. The maximum atomic E-state index is 12.0. The molecule has 106 valence electrons. The van der Waals surface area contributed by atoms with E-state index in [0.717, 1.165) is 5.56 Å². The first-order chi connectivity index (χ1) is 9.46. The third-order valence-electron chi connectivity index (χ3n) is 2.73. The van der Waals surface area contributed by atoms with Gasteiger partial charge in [0.25, 0.3) is 0 Å². The highest BCUT2D eigenvalue weighted by Gasteiger charge is 2.13. The molecular weight excluding hydrogens is 298 g/mol. The number of hydrogen-bond donors (Lipinski definition) is 2. The molecule has 0 aliphatic rings.